The van der Waals surface area contributed by atoms with Gasteiger partial charge in [-0.1, -0.05) is 24.9 Å². The lowest BCUT2D eigenvalue weighted by atomic mass is 10.2. The number of hydrogen-bond acceptors (Lipinski definition) is 4. The summed E-state index contributed by atoms with van der Waals surface area (Å²) in [5.74, 6) is 0. The summed E-state index contributed by atoms with van der Waals surface area (Å²) in [5.41, 5.74) is 5.75. The predicted molar refractivity (Wildman–Crippen MR) is 72.0 cm³/mol. The second kappa shape index (κ2) is 6.38. The average molecular weight is 293 g/mol. The van der Waals surface area contributed by atoms with Crippen molar-refractivity contribution in [1.29, 1.82) is 0 Å². The first kappa shape index (κ1) is 15.2. The molecule has 1 aromatic carbocycles. The highest BCUT2D eigenvalue weighted by Crippen LogP contribution is 2.22. The van der Waals surface area contributed by atoms with Crippen molar-refractivity contribution in [1.82, 2.24) is 4.72 Å². The van der Waals surface area contributed by atoms with E-state index in [-0.39, 0.29) is 17.1 Å². The predicted octanol–water partition coefficient (Wildman–Crippen LogP) is 1.36. The number of halogens is 1. The van der Waals surface area contributed by atoms with Crippen LogP contribution in [0.15, 0.2) is 23.1 Å². The van der Waals surface area contributed by atoms with Crippen molar-refractivity contribution in [2.75, 3.05) is 12.3 Å². The fourth-order valence-corrected chi connectivity index (χ4v) is 2.64. The van der Waals surface area contributed by atoms with Gasteiger partial charge in [-0.2, -0.15) is 0 Å². The minimum atomic E-state index is -3.66. The van der Waals surface area contributed by atoms with E-state index in [4.69, 9.17) is 17.3 Å². The first-order valence-electron chi connectivity index (χ1n) is 5.59. The first-order chi connectivity index (χ1) is 8.36. The largest absolute Gasteiger partial charge is 0.397 e. The molecule has 1 rings (SSSR count). The zero-order chi connectivity index (χ0) is 13.8. The van der Waals surface area contributed by atoms with Crippen LogP contribution < -0.4 is 10.5 Å². The molecule has 0 bridgehead atoms. The summed E-state index contributed by atoms with van der Waals surface area (Å²) in [5, 5.41) is 9.79. The second-order valence-corrected chi connectivity index (χ2v) is 6.15. The SMILES string of the molecule is CCCC(O)CNS(=O)(=O)c1ccc(Cl)c(N)c1. The zero-order valence-electron chi connectivity index (χ0n) is 10.1. The Morgan fingerprint density at radius 3 is 2.72 bits per heavy atom. The normalized spacial score (nSPS) is 13.5. The molecule has 0 amide bonds. The van der Waals surface area contributed by atoms with Crippen molar-refractivity contribution >= 4 is 27.3 Å². The summed E-state index contributed by atoms with van der Waals surface area (Å²) in [6.45, 7) is 1.90. The Balaban J connectivity index is 2.77. The van der Waals surface area contributed by atoms with Crippen molar-refractivity contribution in [3.63, 3.8) is 0 Å². The van der Waals surface area contributed by atoms with Crippen molar-refractivity contribution < 1.29 is 13.5 Å². The Hall–Kier alpha value is -0.820. The number of aliphatic hydroxyl groups is 1. The average Bonchev–Trinajstić information content (AvgIpc) is 2.30. The summed E-state index contributed by atoms with van der Waals surface area (Å²) in [6, 6.07) is 4.08. The molecule has 0 saturated heterocycles. The molecule has 102 valence electrons. The Morgan fingerprint density at radius 1 is 1.50 bits per heavy atom. The molecule has 1 atom stereocenters. The second-order valence-electron chi connectivity index (χ2n) is 3.98. The lowest BCUT2D eigenvalue weighted by Gasteiger charge is -2.11. The summed E-state index contributed by atoms with van der Waals surface area (Å²) in [6.07, 6.45) is 0.650. The summed E-state index contributed by atoms with van der Waals surface area (Å²) in [7, 11) is -3.66. The quantitative estimate of drug-likeness (QED) is 0.690. The number of nitrogen functional groups attached to an aromatic ring is 1. The fourth-order valence-electron chi connectivity index (χ4n) is 1.41. The van der Waals surface area contributed by atoms with Gasteiger partial charge in [-0.15, -0.1) is 0 Å². The Bertz CT molecular complexity index is 505. The van der Waals surface area contributed by atoms with Gasteiger partial charge in [0.2, 0.25) is 10.0 Å². The van der Waals surface area contributed by atoms with E-state index in [1.54, 1.807) is 0 Å². The molecule has 1 unspecified atom stereocenters. The van der Waals surface area contributed by atoms with E-state index in [0.29, 0.717) is 11.4 Å². The molecule has 5 nitrogen and oxygen atoms in total. The van der Waals surface area contributed by atoms with Crippen LogP contribution in [0, 0.1) is 0 Å². The van der Waals surface area contributed by atoms with Gasteiger partial charge in [-0.05, 0) is 24.6 Å². The number of benzene rings is 1. The molecule has 0 aliphatic carbocycles. The van der Waals surface area contributed by atoms with E-state index in [0.717, 1.165) is 6.42 Å². The van der Waals surface area contributed by atoms with Gasteiger partial charge in [0.15, 0.2) is 0 Å². The van der Waals surface area contributed by atoms with Crippen LogP contribution in [0.5, 0.6) is 0 Å². The Kier molecular flexibility index (Phi) is 5.40. The van der Waals surface area contributed by atoms with E-state index in [1.165, 1.54) is 18.2 Å². The lowest BCUT2D eigenvalue weighted by Crippen LogP contribution is -2.32. The van der Waals surface area contributed by atoms with Gasteiger partial charge in [-0.25, -0.2) is 13.1 Å². The molecule has 0 aromatic heterocycles. The van der Waals surface area contributed by atoms with Crippen molar-refractivity contribution in [2.45, 2.75) is 30.8 Å². The van der Waals surface area contributed by atoms with Crippen LogP contribution in [0.25, 0.3) is 0 Å². The number of nitrogens with two attached hydrogens (primary N) is 1. The smallest absolute Gasteiger partial charge is 0.240 e. The van der Waals surface area contributed by atoms with Crippen LogP contribution in [0.4, 0.5) is 5.69 Å². The monoisotopic (exact) mass is 292 g/mol. The van der Waals surface area contributed by atoms with Crippen LogP contribution in [0.2, 0.25) is 5.02 Å². The van der Waals surface area contributed by atoms with Gasteiger partial charge in [0.05, 0.1) is 21.7 Å². The number of rotatable bonds is 6. The van der Waals surface area contributed by atoms with Gasteiger partial charge in [0.1, 0.15) is 0 Å². The Morgan fingerprint density at radius 2 is 2.17 bits per heavy atom. The van der Waals surface area contributed by atoms with Gasteiger partial charge in [0, 0.05) is 6.54 Å². The third kappa shape index (κ3) is 4.13. The minimum absolute atomic E-state index is 0.0152. The maximum absolute atomic E-state index is 11.9. The van der Waals surface area contributed by atoms with Crippen LogP contribution in [-0.4, -0.2) is 26.2 Å². The van der Waals surface area contributed by atoms with E-state index >= 15 is 0 Å². The molecule has 18 heavy (non-hydrogen) atoms. The highest BCUT2D eigenvalue weighted by molar-refractivity contribution is 7.89. The summed E-state index contributed by atoms with van der Waals surface area (Å²) in [4.78, 5) is 0.0353. The van der Waals surface area contributed by atoms with E-state index in [9.17, 15) is 13.5 Å². The number of anilines is 1. The van der Waals surface area contributed by atoms with E-state index in [2.05, 4.69) is 4.72 Å². The number of nitrogens with one attached hydrogen (secondary N) is 1. The van der Waals surface area contributed by atoms with Gasteiger partial charge in [-0.3, -0.25) is 0 Å². The molecule has 0 fully saturated rings. The third-order valence-electron chi connectivity index (χ3n) is 2.41. The van der Waals surface area contributed by atoms with Crippen molar-refractivity contribution in [3.8, 4) is 0 Å². The minimum Gasteiger partial charge on any atom is -0.397 e. The van der Waals surface area contributed by atoms with Crippen LogP contribution in [-0.2, 0) is 10.0 Å². The topological polar surface area (TPSA) is 92.4 Å². The third-order valence-corrected chi connectivity index (χ3v) is 4.17. The summed E-state index contributed by atoms with van der Waals surface area (Å²) >= 11 is 5.72. The number of hydrogen-bond donors (Lipinski definition) is 3. The molecular weight excluding hydrogens is 276 g/mol. The van der Waals surface area contributed by atoms with E-state index in [1.807, 2.05) is 6.92 Å². The van der Waals surface area contributed by atoms with Crippen LogP contribution >= 0.6 is 11.6 Å². The highest BCUT2D eigenvalue weighted by atomic mass is 35.5. The molecule has 0 heterocycles. The number of sulfonamides is 1. The number of aliphatic hydroxyl groups excluding tert-OH is 1. The maximum Gasteiger partial charge on any atom is 0.240 e. The fraction of sp³-hybridized carbons (Fsp3) is 0.455. The maximum atomic E-state index is 11.9. The molecule has 0 aliphatic heterocycles. The molecular formula is C11H17ClN2O3S. The van der Waals surface area contributed by atoms with Gasteiger partial charge < -0.3 is 10.8 Å². The first-order valence-corrected chi connectivity index (χ1v) is 7.45. The van der Waals surface area contributed by atoms with Crippen molar-refractivity contribution in [2.24, 2.45) is 0 Å². The van der Waals surface area contributed by atoms with Crippen LogP contribution in [0.1, 0.15) is 19.8 Å². The molecule has 0 spiro atoms. The molecule has 0 saturated carbocycles. The molecule has 1 aromatic rings. The lowest BCUT2D eigenvalue weighted by molar-refractivity contribution is 0.167. The van der Waals surface area contributed by atoms with Crippen molar-refractivity contribution in [3.05, 3.63) is 23.2 Å². The molecule has 0 aliphatic rings. The molecule has 7 heteroatoms. The molecule has 4 N–H and O–H groups in total. The van der Waals surface area contributed by atoms with Gasteiger partial charge in [0.25, 0.3) is 0 Å². The zero-order valence-corrected chi connectivity index (χ0v) is 11.6. The van der Waals surface area contributed by atoms with E-state index < -0.39 is 16.1 Å². The highest BCUT2D eigenvalue weighted by Gasteiger charge is 2.16. The standard InChI is InChI=1S/C11H17ClN2O3S/c1-2-3-8(15)7-14-18(16,17)9-4-5-10(12)11(13)6-9/h4-6,8,14-15H,2-3,7,13H2,1H3. The Labute approximate surface area is 112 Å². The molecule has 0 radical (unpaired) electrons. The van der Waals surface area contributed by atoms with Crippen LogP contribution in [0.3, 0.4) is 0 Å². The summed E-state index contributed by atoms with van der Waals surface area (Å²) < 4.78 is 26.1. The van der Waals surface area contributed by atoms with Gasteiger partial charge >= 0.3 is 0 Å².